The SMILES string of the molecule is Cc1cc(Cl)c(C(C)C)c2[s+]snc12.[Cl-]. The van der Waals surface area contributed by atoms with E-state index in [4.69, 9.17) is 11.6 Å². The molecule has 0 atom stereocenters. The number of hydrogen-bond acceptors (Lipinski definition) is 2. The van der Waals surface area contributed by atoms with E-state index in [9.17, 15) is 0 Å². The van der Waals surface area contributed by atoms with Gasteiger partial charge >= 0.3 is 10.3 Å². The summed E-state index contributed by atoms with van der Waals surface area (Å²) < 4.78 is 5.66. The van der Waals surface area contributed by atoms with Gasteiger partial charge in [0.2, 0.25) is 0 Å². The van der Waals surface area contributed by atoms with Crippen LogP contribution in [0.2, 0.25) is 5.02 Å². The van der Waals surface area contributed by atoms with Crippen LogP contribution in [0.15, 0.2) is 6.07 Å². The van der Waals surface area contributed by atoms with Crippen LogP contribution in [-0.2, 0) is 0 Å². The Bertz CT molecular complexity index is 479. The van der Waals surface area contributed by atoms with Gasteiger partial charge in [-0.05, 0) is 24.5 Å². The van der Waals surface area contributed by atoms with Crippen LogP contribution in [0, 0.1) is 6.92 Å². The van der Waals surface area contributed by atoms with Crippen molar-refractivity contribution in [3.05, 3.63) is 22.2 Å². The van der Waals surface area contributed by atoms with Gasteiger partial charge in [0.25, 0.3) is 15.2 Å². The Balaban J connectivity index is 0.00000112. The second kappa shape index (κ2) is 4.91. The van der Waals surface area contributed by atoms with Gasteiger partial charge in [0.05, 0.1) is 5.02 Å². The van der Waals surface area contributed by atoms with Crippen LogP contribution in [0.25, 0.3) is 10.2 Å². The molecule has 0 aliphatic carbocycles. The number of benzene rings is 1. The van der Waals surface area contributed by atoms with Crippen LogP contribution in [0.5, 0.6) is 0 Å². The molecular formula is C10H11Cl2NS2. The van der Waals surface area contributed by atoms with Gasteiger partial charge in [0.1, 0.15) is 0 Å². The van der Waals surface area contributed by atoms with Gasteiger partial charge in [-0.1, -0.05) is 25.4 Å². The predicted octanol–water partition coefficient (Wildman–Crippen LogP) is 1.73. The molecule has 0 N–H and O–H groups in total. The summed E-state index contributed by atoms with van der Waals surface area (Å²) >= 11 is 6.24. The summed E-state index contributed by atoms with van der Waals surface area (Å²) in [5.74, 6) is 0.457. The summed E-state index contributed by atoms with van der Waals surface area (Å²) in [6, 6.07) is 2.02. The fraction of sp³-hybridized carbons (Fsp3) is 0.400. The fourth-order valence-corrected chi connectivity index (χ4v) is 4.38. The Kier molecular flexibility index (Phi) is 4.29. The average molecular weight is 280 g/mol. The Labute approximate surface area is 108 Å². The molecule has 2 aromatic rings. The van der Waals surface area contributed by atoms with Crippen molar-refractivity contribution in [2.24, 2.45) is 0 Å². The zero-order valence-electron chi connectivity index (χ0n) is 8.67. The van der Waals surface area contributed by atoms with Crippen LogP contribution in [0.4, 0.5) is 0 Å². The molecule has 0 spiro atoms. The summed E-state index contributed by atoms with van der Waals surface area (Å²) in [6.45, 7) is 6.39. The maximum atomic E-state index is 6.24. The van der Waals surface area contributed by atoms with Crippen LogP contribution < -0.4 is 12.4 Å². The van der Waals surface area contributed by atoms with Gasteiger partial charge in [-0.3, -0.25) is 0 Å². The van der Waals surface area contributed by atoms with Crippen molar-refractivity contribution >= 4 is 42.7 Å². The molecule has 0 saturated carbocycles. The summed E-state index contributed by atoms with van der Waals surface area (Å²) in [4.78, 5) is 0. The van der Waals surface area contributed by atoms with Crippen LogP contribution >= 0.6 is 32.5 Å². The van der Waals surface area contributed by atoms with E-state index in [1.54, 1.807) is 20.9 Å². The number of aromatic nitrogens is 1. The molecule has 0 amide bonds. The summed E-state index contributed by atoms with van der Waals surface area (Å²) in [5.41, 5.74) is 3.53. The number of halogens is 2. The van der Waals surface area contributed by atoms with Crippen molar-refractivity contribution in [3.63, 3.8) is 0 Å². The van der Waals surface area contributed by atoms with Crippen molar-refractivity contribution in [2.75, 3.05) is 0 Å². The molecule has 1 aromatic carbocycles. The van der Waals surface area contributed by atoms with Crippen LogP contribution in [0.3, 0.4) is 0 Å². The first-order valence-corrected chi connectivity index (χ1v) is 6.97. The first-order valence-electron chi connectivity index (χ1n) is 4.49. The number of hydrogen-bond donors (Lipinski definition) is 0. The van der Waals surface area contributed by atoms with Gasteiger partial charge in [-0.15, -0.1) is 4.37 Å². The van der Waals surface area contributed by atoms with Gasteiger partial charge in [-0.25, -0.2) is 0 Å². The van der Waals surface area contributed by atoms with Crippen molar-refractivity contribution in [2.45, 2.75) is 26.7 Å². The van der Waals surface area contributed by atoms with E-state index in [0.29, 0.717) is 5.92 Å². The molecule has 0 radical (unpaired) electrons. The third-order valence-corrected chi connectivity index (χ3v) is 4.43. The minimum Gasteiger partial charge on any atom is -1.00 e. The average Bonchev–Trinajstić information content (AvgIpc) is 2.51. The van der Waals surface area contributed by atoms with Crippen molar-refractivity contribution < 1.29 is 12.4 Å². The van der Waals surface area contributed by atoms with Crippen molar-refractivity contribution in [1.82, 2.24) is 4.37 Å². The molecule has 2 rings (SSSR count). The first-order chi connectivity index (χ1) is 6.61. The quantitative estimate of drug-likeness (QED) is 0.572. The van der Waals surface area contributed by atoms with Crippen molar-refractivity contribution in [1.29, 1.82) is 0 Å². The topological polar surface area (TPSA) is 12.9 Å². The third kappa shape index (κ3) is 2.26. The molecule has 0 saturated heterocycles. The molecule has 82 valence electrons. The number of rotatable bonds is 1. The minimum absolute atomic E-state index is 0. The first kappa shape index (κ1) is 13.1. The molecule has 1 heterocycles. The molecule has 1 aromatic heterocycles. The standard InChI is InChI=1S/C10H11ClNS2.ClH/c1-5(2)8-7(11)4-6(3)9-10(8)13-14-12-9;/h4-5H,1-3H3;1H/q+1;/p-1. The lowest BCUT2D eigenvalue weighted by Crippen LogP contribution is -3.00. The Morgan fingerprint density at radius 1 is 1.47 bits per heavy atom. The highest BCUT2D eigenvalue weighted by Crippen LogP contribution is 2.37. The summed E-state index contributed by atoms with van der Waals surface area (Å²) in [7, 11) is 3.26. The Morgan fingerprint density at radius 3 is 2.73 bits per heavy atom. The normalized spacial score (nSPS) is 10.7. The van der Waals surface area contributed by atoms with E-state index < -0.39 is 0 Å². The predicted molar refractivity (Wildman–Crippen MR) is 65.7 cm³/mol. The maximum absolute atomic E-state index is 6.24. The zero-order valence-corrected chi connectivity index (χ0v) is 11.8. The highest BCUT2D eigenvalue weighted by molar-refractivity contribution is 7.70. The second-order valence-electron chi connectivity index (χ2n) is 3.67. The molecule has 0 unspecified atom stereocenters. The fourth-order valence-electron chi connectivity index (χ4n) is 1.58. The molecule has 0 aliphatic heterocycles. The Morgan fingerprint density at radius 2 is 2.13 bits per heavy atom. The smallest absolute Gasteiger partial charge is 0.323 e. The number of fused-ring (bicyclic) bond motifs is 1. The largest absolute Gasteiger partial charge is 1.00 e. The molecule has 15 heavy (non-hydrogen) atoms. The highest BCUT2D eigenvalue weighted by atomic mass is 35.5. The lowest BCUT2D eigenvalue weighted by atomic mass is 10.0. The van der Waals surface area contributed by atoms with E-state index in [-0.39, 0.29) is 12.4 Å². The molecule has 0 aliphatic rings. The molecule has 0 bridgehead atoms. The Hall–Kier alpha value is 0.0400. The van der Waals surface area contributed by atoms with E-state index in [2.05, 4.69) is 25.1 Å². The van der Waals surface area contributed by atoms with Gasteiger partial charge in [0, 0.05) is 5.56 Å². The molecule has 1 nitrogen and oxygen atoms in total. The van der Waals surface area contributed by atoms with Gasteiger partial charge < -0.3 is 12.4 Å². The van der Waals surface area contributed by atoms with Gasteiger partial charge in [-0.2, -0.15) is 0 Å². The molecule has 5 heteroatoms. The minimum atomic E-state index is 0. The van der Waals surface area contributed by atoms with E-state index in [1.165, 1.54) is 15.8 Å². The summed E-state index contributed by atoms with van der Waals surface area (Å²) in [5, 5.41) is 0.876. The van der Waals surface area contributed by atoms with E-state index in [0.717, 1.165) is 10.5 Å². The highest BCUT2D eigenvalue weighted by Gasteiger charge is 2.22. The lowest BCUT2D eigenvalue weighted by Gasteiger charge is -2.05. The third-order valence-electron chi connectivity index (χ3n) is 2.26. The summed E-state index contributed by atoms with van der Waals surface area (Å²) in [6.07, 6.45) is 0. The number of nitrogens with zero attached hydrogens (tertiary/aromatic N) is 1. The maximum Gasteiger partial charge on any atom is 0.323 e. The molecular weight excluding hydrogens is 269 g/mol. The molecule has 0 fully saturated rings. The van der Waals surface area contributed by atoms with Gasteiger partial charge in [0.15, 0.2) is 5.52 Å². The monoisotopic (exact) mass is 279 g/mol. The van der Waals surface area contributed by atoms with Crippen LogP contribution in [-0.4, -0.2) is 4.37 Å². The van der Waals surface area contributed by atoms with E-state index >= 15 is 0 Å². The van der Waals surface area contributed by atoms with Crippen LogP contribution in [0.1, 0.15) is 30.9 Å². The number of aryl methyl sites for hydroxylation is 1. The zero-order chi connectivity index (χ0) is 10.3. The lowest BCUT2D eigenvalue weighted by molar-refractivity contribution is -0.00000285. The second-order valence-corrected chi connectivity index (χ2v) is 5.93. The van der Waals surface area contributed by atoms with E-state index in [1.807, 2.05) is 6.07 Å². The van der Waals surface area contributed by atoms with Crippen molar-refractivity contribution in [3.8, 4) is 0 Å².